The summed E-state index contributed by atoms with van der Waals surface area (Å²) in [6, 6.07) is 9.15. The number of nitrogens with zero attached hydrogens (tertiary/aromatic N) is 2. The highest BCUT2D eigenvalue weighted by Crippen LogP contribution is 2.26. The van der Waals surface area contributed by atoms with Crippen molar-refractivity contribution in [3.63, 3.8) is 0 Å². The largest absolute Gasteiger partial charge is 0.444 e. The average molecular weight is 485 g/mol. The van der Waals surface area contributed by atoms with Gasteiger partial charge in [-0.1, -0.05) is 69.9 Å². The predicted octanol–water partition coefficient (Wildman–Crippen LogP) is 4.47. The Bertz CT molecular complexity index is 885. The van der Waals surface area contributed by atoms with Gasteiger partial charge in [-0.2, -0.15) is 5.26 Å². The third kappa shape index (κ3) is 8.57. The van der Waals surface area contributed by atoms with Crippen LogP contribution in [-0.4, -0.2) is 47.0 Å². The van der Waals surface area contributed by atoms with Crippen molar-refractivity contribution in [1.29, 1.82) is 5.26 Å². The van der Waals surface area contributed by atoms with Gasteiger partial charge in [0.2, 0.25) is 11.8 Å². The number of hydrogen-bond acceptors (Lipinski definition) is 5. The van der Waals surface area contributed by atoms with Gasteiger partial charge in [0.05, 0.1) is 6.07 Å². The topological polar surface area (TPSA) is 112 Å². The summed E-state index contributed by atoms with van der Waals surface area (Å²) >= 11 is 0. The Balaban J connectivity index is 2.39. The molecule has 0 spiro atoms. The Morgan fingerprint density at radius 2 is 1.77 bits per heavy atom. The van der Waals surface area contributed by atoms with Crippen LogP contribution in [0.5, 0.6) is 0 Å². The van der Waals surface area contributed by atoms with Crippen LogP contribution in [0.4, 0.5) is 4.79 Å². The molecule has 3 atom stereocenters. The Morgan fingerprint density at radius 1 is 1.14 bits per heavy atom. The van der Waals surface area contributed by atoms with E-state index < -0.39 is 29.7 Å². The maximum Gasteiger partial charge on any atom is 0.408 e. The summed E-state index contributed by atoms with van der Waals surface area (Å²) < 4.78 is 5.38. The Labute approximate surface area is 209 Å². The van der Waals surface area contributed by atoms with Crippen LogP contribution >= 0.6 is 0 Å². The van der Waals surface area contributed by atoms with Gasteiger partial charge < -0.3 is 20.3 Å². The van der Waals surface area contributed by atoms with E-state index in [1.807, 2.05) is 26.0 Å². The van der Waals surface area contributed by atoms with Crippen molar-refractivity contribution in [3.8, 4) is 6.07 Å². The predicted molar refractivity (Wildman–Crippen MR) is 134 cm³/mol. The molecular formula is C27H40N4O4. The molecular weight excluding hydrogens is 444 g/mol. The van der Waals surface area contributed by atoms with E-state index in [4.69, 9.17) is 4.74 Å². The third-order valence-corrected chi connectivity index (χ3v) is 6.30. The molecule has 8 nitrogen and oxygen atoms in total. The summed E-state index contributed by atoms with van der Waals surface area (Å²) in [5, 5.41) is 15.4. The molecule has 1 fully saturated rings. The van der Waals surface area contributed by atoms with E-state index in [9.17, 15) is 19.6 Å². The summed E-state index contributed by atoms with van der Waals surface area (Å²) in [5.74, 6) is -1.04. The molecule has 1 aliphatic rings. The van der Waals surface area contributed by atoms with Gasteiger partial charge in [0.15, 0.2) is 0 Å². The van der Waals surface area contributed by atoms with Crippen LogP contribution in [0.3, 0.4) is 0 Å². The molecule has 3 amide bonds. The Kier molecular flexibility index (Phi) is 10.6. The quantitative estimate of drug-likeness (QED) is 0.502. The number of alkyl carbamates (subject to hydrolysis) is 1. The Hall–Kier alpha value is -3.08. The summed E-state index contributed by atoms with van der Waals surface area (Å²) in [5.41, 5.74) is -0.115. The maximum absolute atomic E-state index is 13.9. The van der Waals surface area contributed by atoms with E-state index in [0.717, 1.165) is 32.1 Å². The molecule has 0 heterocycles. The second-order valence-corrected chi connectivity index (χ2v) is 10.3. The number of amides is 3. The molecule has 0 radical (unpaired) electrons. The minimum atomic E-state index is -0.989. The van der Waals surface area contributed by atoms with Crippen molar-refractivity contribution in [2.75, 3.05) is 6.54 Å². The number of ether oxygens (including phenoxy) is 1. The zero-order valence-electron chi connectivity index (χ0n) is 21.7. The molecule has 0 bridgehead atoms. The fourth-order valence-corrected chi connectivity index (χ4v) is 4.30. The third-order valence-electron chi connectivity index (χ3n) is 6.30. The molecule has 192 valence electrons. The standard InChI is InChI=1S/C27H40N4O4/c1-6-19(2)22(30-26(34)35-27(3,4)5)25(33)31(18-17-28)23(20-13-9-7-10-14-20)24(32)29-21-15-11-8-12-16-21/h7,9-10,13-14,19,21-23H,6,8,11-12,15-16,18H2,1-5H3,(H,29,32)(H,30,34). The lowest BCUT2D eigenvalue weighted by Crippen LogP contribution is -2.55. The maximum atomic E-state index is 13.9. The van der Waals surface area contributed by atoms with Crippen molar-refractivity contribution in [1.82, 2.24) is 15.5 Å². The van der Waals surface area contributed by atoms with Gasteiger partial charge in [0.25, 0.3) is 0 Å². The summed E-state index contributed by atoms with van der Waals surface area (Å²) in [4.78, 5) is 41.3. The lowest BCUT2D eigenvalue weighted by molar-refractivity contribution is -0.143. The second kappa shape index (κ2) is 13.1. The van der Waals surface area contributed by atoms with E-state index in [1.54, 1.807) is 45.0 Å². The van der Waals surface area contributed by atoms with Crippen molar-refractivity contribution in [2.24, 2.45) is 5.92 Å². The number of nitrogens with one attached hydrogen (secondary N) is 2. The van der Waals surface area contributed by atoms with Crippen LogP contribution in [0, 0.1) is 17.2 Å². The summed E-state index contributed by atoms with van der Waals surface area (Å²) in [6.07, 6.45) is 4.95. The zero-order chi connectivity index (χ0) is 26.0. The average Bonchev–Trinajstić information content (AvgIpc) is 2.81. The van der Waals surface area contributed by atoms with Crippen molar-refractivity contribution in [3.05, 3.63) is 35.9 Å². The van der Waals surface area contributed by atoms with Crippen LogP contribution < -0.4 is 10.6 Å². The highest BCUT2D eigenvalue weighted by molar-refractivity contribution is 5.92. The molecule has 35 heavy (non-hydrogen) atoms. The first kappa shape index (κ1) is 28.2. The second-order valence-electron chi connectivity index (χ2n) is 10.3. The number of hydrogen-bond donors (Lipinski definition) is 2. The molecule has 8 heteroatoms. The molecule has 1 aromatic rings. The SMILES string of the molecule is CCC(C)C(NC(=O)OC(C)(C)C)C(=O)N(CC#N)C(C(=O)NC1CCCCC1)c1ccccc1. The first-order valence-corrected chi connectivity index (χ1v) is 12.6. The van der Waals surface area contributed by atoms with Crippen molar-refractivity contribution >= 4 is 17.9 Å². The normalized spacial score (nSPS) is 16.8. The van der Waals surface area contributed by atoms with Gasteiger partial charge in [0, 0.05) is 6.04 Å². The van der Waals surface area contributed by atoms with Crippen LogP contribution in [0.1, 0.15) is 84.7 Å². The molecule has 0 saturated heterocycles. The van der Waals surface area contributed by atoms with Crippen LogP contribution in [0.15, 0.2) is 30.3 Å². The molecule has 0 aliphatic heterocycles. The van der Waals surface area contributed by atoms with Crippen molar-refractivity contribution < 1.29 is 19.1 Å². The fraction of sp³-hybridized carbons (Fsp3) is 0.630. The lowest BCUT2D eigenvalue weighted by Gasteiger charge is -2.35. The van der Waals surface area contributed by atoms with Crippen LogP contribution in [0.2, 0.25) is 0 Å². The van der Waals surface area contributed by atoms with Gasteiger partial charge in [0.1, 0.15) is 24.2 Å². The Morgan fingerprint density at radius 3 is 2.31 bits per heavy atom. The van der Waals surface area contributed by atoms with E-state index in [2.05, 4.69) is 10.6 Å². The van der Waals surface area contributed by atoms with Gasteiger partial charge in [-0.05, 0) is 45.1 Å². The zero-order valence-corrected chi connectivity index (χ0v) is 21.7. The molecule has 2 rings (SSSR count). The first-order valence-electron chi connectivity index (χ1n) is 12.6. The van der Waals surface area contributed by atoms with Gasteiger partial charge in [-0.15, -0.1) is 0 Å². The number of benzene rings is 1. The van der Waals surface area contributed by atoms with E-state index in [-0.39, 0.29) is 24.4 Å². The molecule has 1 aliphatic carbocycles. The molecule has 0 aromatic heterocycles. The number of nitriles is 1. The molecule has 1 saturated carbocycles. The van der Waals surface area contributed by atoms with Gasteiger partial charge in [-0.25, -0.2) is 4.79 Å². The van der Waals surface area contributed by atoms with Crippen LogP contribution in [0.25, 0.3) is 0 Å². The van der Waals surface area contributed by atoms with E-state index in [0.29, 0.717) is 12.0 Å². The number of rotatable bonds is 9. The molecule has 3 unspecified atom stereocenters. The molecule has 2 N–H and O–H groups in total. The summed E-state index contributed by atoms with van der Waals surface area (Å²) in [7, 11) is 0. The smallest absolute Gasteiger partial charge is 0.408 e. The van der Waals surface area contributed by atoms with Crippen molar-refractivity contribution in [2.45, 2.75) is 96.9 Å². The van der Waals surface area contributed by atoms with Gasteiger partial charge >= 0.3 is 6.09 Å². The van der Waals surface area contributed by atoms with Crippen LogP contribution in [-0.2, 0) is 14.3 Å². The minimum Gasteiger partial charge on any atom is -0.444 e. The highest BCUT2D eigenvalue weighted by Gasteiger charge is 2.38. The van der Waals surface area contributed by atoms with E-state index in [1.165, 1.54) is 4.90 Å². The van der Waals surface area contributed by atoms with E-state index >= 15 is 0 Å². The highest BCUT2D eigenvalue weighted by atomic mass is 16.6. The monoisotopic (exact) mass is 484 g/mol. The number of carbonyl (C=O) groups excluding carboxylic acids is 3. The summed E-state index contributed by atoms with van der Waals surface area (Å²) in [6.45, 7) is 8.71. The van der Waals surface area contributed by atoms with Gasteiger partial charge in [-0.3, -0.25) is 9.59 Å². The minimum absolute atomic E-state index is 0.0479. The number of carbonyl (C=O) groups is 3. The fourth-order valence-electron chi connectivity index (χ4n) is 4.30. The first-order chi connectivity index (χ1) is 16.6. The lowest BCUT2D eigenvalue weighted by atomic mass is 9.94. The molecule has 1 aromatic carbocycles.